The minimum Gasteiger partial charge on any atom is -0.374 e. The number of nitro groups is 2. The fraction of sp³-hybridized carbons (Fsp3) is 0.462. The molecule has 0 saturated carbocycles. The highest BCUT2D eigenvalue weighted by atomic mass is 32.1. The molecule has 13 heteroatoms. The Morgan fingerprint density at radius 2 is 1.85 bits per heavy atom. The van der Waals surface area contributed by atoms with Crippen molar-refractivity contribution in [2.75, 3.05) is 26.0 Å². The van der Waals surface area contributed by atoms with Gasteiger partial charge in [-0.2, -0.15) is 13.2 Å². The highest BCUT2D eigenvalue weighted by molar-refractivity contribution is 8.00. The number of benzene rings is 1. The second kappa shape index (κ2) is 7.63. The largest absolute Gasteiger partial charge is 0.422 e. The molecule has 0 heterocycles. The normalized spacial score (nSPS) is 11.9. The second-order valence-corrected chi connectivity index (χ2v) is 6.71. The Labute approximate surface area is 157 Å². The van der Waals surface area contributed by atoms with Gasteiger partial charge in [0, 0.05) is 16.9 Å². The van der Waals surface area contributed by atoms with Crippen LogP contribution in [0.25, 0.3) is 0 Å². The lowest BCUT2D eigenvalue weighted by atomic mass is 10.0. The van der Waals surface area contributed by atoms with E-state index >= 15 is 0 Å². The molecule has 0 fully saturated rings. The van der Waals surface area contributed by atoms with Crippen LogP contribution in [0.2, 0.25) is 0 Å². The summed E-state index contributed by atoms with van der Waals surface area (Å²) in [6.07, 6.45) is -4.66. The molecule has 0 unspecified atom stereocenters. The van der Waals surface area contributed by atoms with E-state index in [0.717, 1.165) is 14.1 Å². The van der Waals surface area contributed by atoms with Crippen molar-refractivity contribution in [3.05, 3.63) is 31.9 Å². The van der Waals surface area contributed by atoms with Crippen molar-refractivity contribution in [3.63, 3.8) is 0 Å². The van der Waals surface area contributed by atoms with E-state index in [9.17, 15) is 33.4 Å². The standard InChI is InChI=1S/C13H15F3N4O4S2/c1-4-5-17-9-8(18(21)22)6-7(13(14,15)16)11(10(9)19(23)24)20(2,3)12(25)26/h6,17H,4-5H2,1-3H3. The Hall–Kier alpha value is -2.12. The fourth-order valence-corrected chi connectivity index (χ4v) is 2.45. The number of alkyl halides is 3. The lowest BCUT2D eigenvalue weighted by molar-refractivity contribution is -0.392. The van der Waals surface area contributed by atoms with Crippen LogP contribution in [-0.4, -0.2) is 34.8 Å². The molecule has 0 aliphatic heterocycles. The van der Waals surface area contributed by atoms with Crippen LogP contribution in [0, 0.1) is 20.2 Å². The lowest BCUT2D eigenvalue weighted by Crippen LogP contribution is -2.46. The monoisotopic (exact) mass is 412 g/mol. The number of quaternary nitrogens is 1. The molecule has 0 spiro atoms. The number of rotatable bonds is 6. The van der Waals surface area contributed by atoms with Crippen molar-refractivity contribution in [1.82, 2.24) is 4.48 Å². The van der Waals surface area contributed by atoms with Gasteiger partial charge in [0.25, 0.3) is 0 Å². The molecule has 0 bridgehead atoms. The fourth-order valence-electron chi connectivity index (χ4n) is 2.26. The maximum atomic E-state index is 13.6. The van der Waals surface area contributed by atoms with Crippen molar-refractivity contribution in [1.29, 1.82) is 0 Å². The predicted molar refractivity (Wildman–Crippen MR) is 97.1 cm³/mol. The summed E-state index contributed by atoms with van der Waals surface area (Å²) in [4.78, 5) is 20.7. The first-order valence-electron chi connectivity index (χ1n) is 7.13. The zero-order valence-electron chi connectivity index (χ0n) is 13.9. The predicted octanol–water partition coefficient (Wildman–Crippen LogP) is 3.74. The average molecular weight is 412 g/mol. The van der Waals surface area contributed by atoms with Gasteiger partial charge in [-0.05, 0) is 6.42 Å². The van der Waals surface area contributed by atoms with Crippen LogP contribution in [-0.2, 0) is 18.8 Å². The smallest absolute Gasteiger partial charge is 0.374 e. The maximum Gasteiger partial charge on any atom is 0.422 e. The molecular weight excluding hydrogens is 397 g/mol. The third kappa shape index (κ3) is 4.16. The number of nitro benzene ring substituents is 2. The van der Waals surface area contributed by atoms with Gasteiger partial charge in [-0.25, -0.2) is 0 Å². The molecule has 1 N–H and O–H groups in total. The quantitative estimate of drug-likeness (QED) is 0.250. The molecule has 0 aromatic heterocycles. The molecule has 0 aliphatic carbocycles. The Bertz CT molecular complexity index is 769. The average Bonchev–Trinajstić information content (AvgIpc) is 2.49. The van der Waals surface area contributed by atoms with Gasteiger partial charge in [-0.3, -0.25) is 24.7 Å². The van der Waals surface area contributed by atoms with Crippen LogP contribution >= 0.6 is 12.2 Å². The number of anilines is 1. The lowest BCUT2D eigenvalue weighted by Gasteiger charge is -2.33. The minimum atomic E-state index is -5.09. The summed E-state index contributed by atoms with van der Waals surface area (Å²) in [6.45, 7) is 1.77. The van der Waals surface area contributed by atoms with Gasteiger partial charge in [0.05, 0.1) is 23.9 Å². The van der Waals surface area contributed by atoms with Crippen molar-refractivity contribution >= 4 is 51.9 Å². The van der Waals surface area contributed by atoms with Gasteiger partial charge >= 0.3 is 17.6 Å². The highest BCUT2D eigenvalue weighted by Gasteiger charge is 2.48. The summed E-state index contributed by atoms with van der Waals surface area (Å²) in [7, 11) is 2.31. The van der Waals surface area contributed by atoms with E-state index in [1.165, 1.54) is 0 Å². The highest BCUT2D eigenvalue weighted by Crippen LogP contribution is 2.51. The molecule has 1 aromatic carbocycles. The number of nitrogens with one attached hydrogen (secondary N) is 1. The first-order chi connectivity index (χ1) is 11.8. The molecule has 0 saturated heterocycles. The van der Waals surface area contributed by atoms with Crippen molar-refractivity contribution in [3.8, 4) is 0 Å². The number of halogens is 3. The zero-order valence-corrected chi connectivity index (χ0v) is 15.5. The molecule has 26 heavy (non-hydrogen) atoms. The van der Waals surface area contributed by atoms with Gasteiger partial charge < -0.3 is 30.2 Å². The Morgan fingerprint density at radius 3 is 2.19 bits per heavy atom. The van der Waals surface area contributed by atoms with Crippen LogP contribution in [0.15, 0.2) is 6.07 Å². The van der Waals surface area contributed by atoms with Crippen LogP contribution in [0.4, 0.5) is 35.9 Å². The van der Waals surface area contributed by atoms with Crippen LogP contribution in [0.1, 0.15) is 18.9 Å². The maximum absolute atomic E-state index is 13.6. The number of nitrogens with zero attached hydrogens (tertiary/aromatic N) is 3. The summed E-state index contributed by atoms with van der Waals surface area (Å²) < 4.78 is 39.4. The zero-order chi connectivity index (χ0) is 20.4. The van der Waals surface area contributed by atoms with E-state index in [4.69, 9.17) is 24.8 Å². The SMILES string of the molecule is CCCNc1c([N+](=O)[O-])cc(C(F)(F)F)c([N+](C)(C)C(=S)[S-])c1[N+](=O)[O-]. The van der Waals surface area contributed by atoms with E-state index in [1.54, 1.807) is 6.92 Å². The summed E-state index contributed by atoms with van der Waals surface area (Å²) in [5, 5.41) is 25.4. The molecule has 144 valence electrons. The summed E-state index contributed by atoms with van der Waals surface area (Å²) in [5.41, 5.74) is -5.11. The molecule has 0 atom stereocenters. The van der Waals surface area contributed by atoms with Gasteiger partial charge in [-0.1, -0.05) is 6.92 Å². The summed E-state index contributed by atoms with van der Waals surface area (Å²) in [5.74, 6) is 0. The van der Waals surface area contributed by atoms with Crippen LogP contribution in [0.5, 0.6) is 0 Å². The molecule has 0 amide bonds. The van der Waals surface area contributed by atoms with Gasteiger partial charge in [0.15, 0.2) is 5.69 Å². The molecule has 0 radical (unpaired) electrons. The van der Waals surface area contributed by atoms with E-state index in [2.05, 4.69) is 5.32 Å². The molecular formula is C13H15F3N4O4S2. The van der Waals surface area contributed by atoms with Crippen molar-refractivity contribution < 1.29 is 23.0 Å². The number of thiocarbonyl (C=S) groups is 1. The Morgan fingerprint density at radius 1 is 1.31 bits per heavy atom. The third-order valence-electron chi connectivity index (χ3n) is 3.51. The van der Waals surface area contributed by atoms with Gasteiger partial charge in [0.2, 0.25) is 5.69 Å². The Kier molecular flexibility index (Phi) is 6.44. The van der Waals surface area contributed by atoms with E-state index in [-0.39, 0.29) is 12.6 Å². The summed E-state index contributed by atoms with van der Waals surface area (Å²) in [6, 6.07) is 0.272. The van der Waals surface area contributed by atoms with Crippen molar-refractivity contribution in [2.24, 2.45) is 0 Å². The second-order valence-electron chi connectivity index (χ2n) is 5.67. The molecule has 1 rings (SSSR count). The van der Waals surface area contributed by atoms with E-state index in [0.29, 0.717) is 6.42 Å². The van der Waals surface area contributed by atoms with Crippen LogP contribution in [0.3, 0.4) is 0 Å². The molecule has 8 nitrogen and oxygen atoms in total. The van der Waals surface area contributed by atoms with Gasteiger partial charge in [0.1, 0.15) is 5.56 Å². The van der Waals surface area contributed by atoms with E-state index < -0.39 is 53.1 Å². The third-order valence-corrected chi connectivity index (χ3v) is 4.42. The molecule has 1 aromatic rings. The molecule has 0 aliphatic rings. The minimum absolute atomic E-state index is 0.0816. The first-order valence-corrected chi connectivity index (χ1v) is 7.95. The number of hydrogen-bond acceptors (Lipinski definition) is 7. The van der Waals surface area contributed by atoms with Crippen molar-refractivity contribution in [2.45, 2.75) is 19.5 Å². The topological polar surface area (TPSA) is 98.3 Å². The van der Waals surface area contributed by atoms with E-state index in [1.807, 2.05) is 0 Å². The summed E-state index contributed by atoms with van der Waals surface area (Å²) >= 11 is 9.60. The number of hydrogen-bond donors (Lipinski definition) is 1. The van der Waals surface area contributed by atoms with Gasteiger partial charge in [-0.15, -0.1) is 0 Å². The first kappa shape index (κ1) is 21.9. The Balaban J connectivity index is 4.15. The van der Waals surface area contributed by atoms with Crippen LogP contribution < -0.4 is 9.80 Å².